The first-order valence-corrected chi connectivity index (χ1v) is 33.7. The number of esters is 3. The monoisotopic (exact) mass is 1100 g/mol. The smallest absolute Gasteiger partial charge is 0.306 e. The third-order valence-corrected chi connectivity index (χ3v) is 14.6. The van der Waals surface area contributed by atoms with Gasteiger partial charge >= 0.3 is 17.9 Å². The summed E-state index contributed by atoms with van der Waals surface area (Å²) in [5.74, 6) is -0.881. The number of ether oxygens (including phenoxy) is 3. The highest BCUT2D eigenvalue weighted by Crippen LogP contribution is 2.17. The first-order valence-electron chi connectivity index (χ1n) is 33.7. The van der Waals surface area contributed by atoms with Crippen molar-refractivity contribution in [3.8, 4) is 0 Å². The molecule has 1 unspecified atom stereocenters. The summed E-state index contributed by atoms with van der Waals surface area (Å²) in [5.41, 5.74) is 0. The molecule has 0 N–H and O–H groups in total. The van der Waals surface area contributed by atoms with Crippen molar-refractivity contribution < 1.29 is 28.6 Å². The predicted molar refractivity (Wildman–Crippen MR) is 344 cm³/mol. The second kappa shape index (κ2) is 66.8. The zero-order valence-corrected chi connectivity index (χ0v) is 52.1. The van der Waals surface area contributed by atoms with Crippen molar-refractivity contribution in [1.82, 2.24) is 0 Å². The van der Waals surface area contributed by atoms with Gasteiger partial charge in [-0.1, -0.05) is 311 Å². The van der Waals surface area contributed by atoms with Crippen LogP contribution in [0, 0.1) is 0 Å². The normalized spacial score (nSPS) is 12.7. The summed E-state index contributed by atoms with van der Waals surface area (Å²) in [5, 5.41) is 0. The van der Waals surface area contributed by atoms with E-state index in [4.69, 9.17) is 14.2 Å². The van der Waals surface area contributed by atoms with Crippen LogP contribution in [0.15, 0.2) is 97.2 Å². The SMILES string of the molecule is CC/C=C\C/C=C\C/C=C\C/C=C\C/C=C\C/C=C\CCCCCCCCCCCCCCC(=O)OCC(COC(=O)CCCCCCC/C=C\C/C=C\CCC)OC(=O)CCCCCCCCCCCCCCCCCCC. The molecule has 6 heteroatoms. The molecular weight excluding hydrogens is 973 g/mol. The number of hydrogen-bond acceptors (Lipinski definition) is 6. The maximum Gasteiger partial charge on any atom is 0.306 e. The lowest BCUT2D eigenvalue weighted by Gasteiger charge is -2.18. The van der Waals surface area contributed by atoms with Crippen LogP contribution in [0.1, 0.15) is 329 Å². The largest absolute Gasteiger partial charge is 0.462 e. The molecule has 0 rings (SSSR count). The van der Waals surface area contributed by atoms with Crippen LogP contribution in [0.4, 0.5) is 0 Å². The molecule has 0 aliphatic heterocycles. The molecule has 454 valence electrons. The van der Waals surface area contributed by atoms with Crippen LogP contribution in [0.2, 0.25) is 0 Å². The van der Waals surface area contributed by atoms with Gasteiger partial charge in [0.1, 0.15) is 13.2 Å². The van der Waals surface area contributed by atoms with E-state index in [2.05, 4.69) is 118 Å². The molecule has 0 aliphatic rings. The Morgan fingerprint density at radius 3 is 0.823 bits per heavy atom. The van der Waals surface area contributed by atoms with Crippen LogP contribution in [0.25, 0.3) is 0 Å². The zero-order valence-electron chi connectivity index (χ0n) is 52.1. The van der Waals surface area contributed by atoms with Crippen molar-refractivity contribution >= 4 is 17.9 Å². The molecular formula is C73H126O6. The molecule has 0 radical (unpaired) electrons. The highest BCUT2D eigenvalue weighted by atomic mass is 16.6. The van der Waals surface area contributed by atoms with Crippen molar-refractivity contribution in [1.29, 1.82) is 0 Å². The fourth-order valence-corrected chi connectivity index (χ4v) is 9.55. The lowest BCUT2D eigenvalue weighted by Crippen LogP contribution is -2.30. The molecule has 0 saturated heterocycles. The van der Waals surface area contributed by atoms with Crippen LogP contribution in [0.5, 0.6) is 0 Å². The first-order chi connectivity index (χ1) is 39.0. The molecule has 0 aromatic heterocycles. The standard InChI is InChI=1S/C73H126O6/c1-4-7-10-13-16-19-22-25-27-29-30-31-32-33-34-35-36-37-38-39-40-41-42-44-45-48-51-54-57-60-63-66-72(75)78-69-70(68-77-71(74)65-62-59-56-53-50-47-24-21-18-15-12-9-6-3)79-73(76)67-64-61-58-55-52-49-46-43-28-26-23-20-17-14-11-8-5-2/h7,10,12,15-16,19,21,24-25,27,30-31,33-34,36-37,70H,4-6,8-9,11,13-14,17-18,20,22-23,26,28-29,32,35,38-69H2,1-3H3/b10-7-,15-12-,19-16-,24-21-,27-25-,31-30-,34-33-,37-36-. The van der Waals surface area contributed by atoms with Gasteiger partial charge in [0.25, 0.3) is 0 Å². The van der Waals surface area contributed by atoms with Gasteiger partial charge in [-0.05, 0) is 96.3 Å². The molecule has 79 heavy (non-hydrogen) atoms. The number of carbonyl (C=O) groups is 3. The maximum atomic E-state index is 12.9. The molecule has 0 amide bonds. The fraction of sp³-hybridized carbons (Fsp3) is 0.740. The molecule has 0 spiro atoms. The van der Waals surface area contributed by atoms with E-state index in [1.165, 1.54) is 167 Å². The lowest BCUT2D eigenvalue weighted by atomic mass is 10.0. The molecule has 0 fully saturated rings. The number of hydrogen-bond donors (Lipinski definition) is 0. The minimum Gasteiger partial charge on any atom is -0.462 e. The maximum absolute atomic E-state index is 12.9. The average molecular weight is 1100 g/mol. The molecule has 0 heterocycles. The Bertz CT molecular complexity index is 1540. The summed E-state index contributed by atoms with van der Waals surface area (Å²) in [6, 6.07) is 0. The summed E-state index contributed by atoms with van der Waals surface area (Å²) >= 11 is 0. The second-order valence-corrected chi connectivity index (χ2v) is 22.4. The lowest BCUT2D eigenvalue weighted by molar-refractivity contribution is -0.167. The highest BCUT2D eigenvalue weighted by molar-refractivity contribution is 5.71. The van der Waals surface area contributed by atoms with Gasteiger partial charge in [0, 0.05) is 19.3 Å². The Labute approximate surface area is 489 Å². The van der Waals surface area contributed by atoms with Gasteiger partial charge in [0.05, 0.1) is 0 Å². The Balaban J connectivity index is 4.23. The minimum atomic E-state index is -0.783. The number of unbranched alkanes of at least 4 members (excludes halogenated alkanes) is 34. The van der Waals surface area contributed by atoms with Gasteiger partial charge in [-0.2, -0.15) is 0 Å². The molecule has 0 aromatic carbocycles. The van der Waals surface area contributed by atoms with E-state index in [0.717, 1.165) is 122 Å². The van der Waals surface area contributed by atoms with Crippen molar-refractivity contribution in [3.05, 3.63) is 97.2 Å². The molecule has 1 atom stereocenters. The summed E-state index contributed by atoms with van der Waals surface area (Å²) in [6.07, 6.45) is 90.0. The van der Waals surface area contributed by atoms with E-state index in [1.807, 2.05) is 0 Å². The Morgan fingerprint density at radius 1 is 0.266 bits per heavy atom. The number of allylic oxidation sites excluding steroid dienone is 16. The summed E-state index contributed by atoms with van der Waals surface area (Å²) in [7, 11) is 0. The third-order valence-electron chi connectivity index (χ3n) is 14.6. The van der Waals surface area contributed by atoms with Crippen LogP contribution in [-0.2, 0) is 28.6 Å². The van der Waals surface area contributed by atoms with Crippen LogP contribution < -0.4 is 0 Å². The zero-order chi connectivity index (χ0) is 57.1. The van der Waals surface area contributed by atoms with Crippen molar-refractivity contribution in [3.63, 3.8) is 0 Å². The molecule has 6 nitrogen and oxygen atoms in total. The number of carbonyl (C=O) groups excluding carboxylic acids is 3. The van der Waals surface area contributed by atoms with Gasteiger partial charge in [0.15, 0.2) is 6.10 Å². The van der Waals surface area contributed by atoms with Gasteiger partial charge in [-0.25, -0.2) is 0 Å². The summed E-state index contributed by atoms with van der Waals surface area (Å²) in [6.45, 7) is 6.49. The van der Waals surface area contributed by atoms with Crippen LogP contribution >= 0.6 is 0 Å². The predicted octanol–water partition coefficient (Wildman–Crippen LogP) is 23.2. The Kier molecular flexibility index (Phi) is 63.7. The van der Waals surface area contributed by atoms with E-state index < -0.39 is 6.10 Å². The van der Waals surface area contributed by atoms with Gasteiger partial charge in [-0.3, -0.25) is 14.4 Å². The van der Waals surface area contributed by atoms with E-state index in [9.17, 15) is 14.4 Å². The van der Waals surface area contributed by atoms with Crippen molar-refractivity contribution in [2.24, 2.45) is 0 Å². The summed E-state index contributed by atoms with van der Waals surface area (Å²) in [4.78, 5) is 38.3. The van der Waals surface area contributed by atoms with Crippen LogP contribution in [0.3, 0.4) is 0 Å². The fourth-order valence-electron chi connectivity index (χ4n) is 9.55. The van der Waals surface area contributed by atoms with Crippen LogP contribution in [-0.4, -0.2) is 37.2 Å². The average Bonchev–Trinajstić information content (AvgIpc) is 3.45. The third kappa shape index (κ3) is 65.0. The van der Waals surface area contributed by atoms with E-state index >= 15 is 0 Å². The van der Waals surface area contributed by atoms with Crippen molar-refractivity contribution in [2.45, 2.75) is 335 Å². The van der Waals surface area contributed by atoms with Crippen molar-refractivity contribution in [2.75, 3.05) is 13.2 Å². The molecule has 0 saturated carbocycles. The van der Waals surface area contributed by atoms with Gasteiger partial charge in [0.2, 0.25) is 0 Å². The topological polar surface area (TPSA) is 78.9 Å². The molecule has 0 aliphatic carbocycles. The second-order valence-electron chi connectivity index (χ2n) is 22.4. The van der Waals surface area contributed by atoms with E-state index in [0.29, 0.717) is 19.3 Å². The van der Waals surface area contributed by atoms with E-state index in [-0.39, 0.29) is 31.1 Å². The Morgan fingerprint density at radius 2 is 0.519 bits per heavy atom. The van der Waals surface area contributed by atoms with Gasteiger partial charge in [-0.15, -0.1) is 0 Å². The first kappa shape index (κ1) is 75.3. The highest BCUT2D eigenvalue weighted by Gasteiger charge is 2.19. The molecule has 0 aromatic rings. The molecule has 0 bridgehead atoms. The van der Waals surface area contributed by atoms with E-state index in [1.54, 1.807) is 0 Å². The number of rotatable bonds is 61. The quantitative estimate of drug-likeness (QED) is 0.0261. The summed E-state index contributed by atoms with van der Waals surface area (Å²) < 4.78 is 16.9. The Hall–Kier alpha value is -3.67. The minimum absolute atomic E-state index is 0.0795. The van der Waals surface area contributed by atoms with Gasteiger partial charge < -0.3 is 14.2 Å².